The number of hydrogen-bond donors (Lipinski definition) is 3. The first kappa shape index (κ1) is 22.8. The number of nitrogens with zero attached hydrogens (tertiary/aromatic N) is 4. The van der Waals surface area contributed by atoms with E-state index in [1.807, 2.05) is 0 Å². The zero-order chi connectivity index (χ0) is 23.2. The quantitative estimate of drug-likeness (QED) is 0.580. The Hall–Kier alpha value is -2.90. The molecule has 1 aromatic rings. The number of aliphatic imine (C=N–C) groups is 1. The van der Waals surface area contributed by atoms with Crippen LogP contribution in [0.25, 0.3) is 0 Å². The van der Waals surface area contributed by atoms with Crippen LogP contribution in [-0.4, -0.2) is 51.7 Å². The van der Waals surface area contributed by atoms with Gasteiger partial charge in [-0.2, -0.15) is 31.3 Å². The molecule has 2 aliphatic heterocycles. The van der Waals surface area contributed by atoms with E-state index >= 15 is 0 Å². The fourth-order valence-electron chi connectivity index (χ4n) is 3.68. The van der Waals surface area contributed by atoms with E-state index in [-0.39, 0.29) is 37.4 Å². The average molecular weight is 452 g/mol. The van der Waals surface area contributed by atoms with Gasteiger partial charge in [-0.05, 0) is 12.8 Å². The van der Waals surface area contributed by atoms with Crippen molar-refractivity contribution < 1.29 is 36.2 Å². The van der Waals surface area contributed by atoms with Gasteiger partial charge in [0.05, 0.1) is 12.0 Å². The average Bonchev–Trinajstić information content (AvgIpc) is 2.66. The first-order valence-electron chi connectivity index (χ1n) is 9.05. The number of allylic oxidation sites excluding steroid dienone is 1. The van der Waals surface area contributed by atoms with Gasteiger partial charge in [-0.15, -0.1) is 0 Å². The van der Waals surface area contributed by atoms with Gasteiger partial charge in [-0.3, -0.25) is 4.79 Å². The second-order valence-corrected chi connectivity index (χ2v) is 7.28. The van der Waals surface area contributed by atoms with Crippen molar-refractivity contribution in [1.29, 1.82) is 0 Å². The van der Waals surface area contributed by atoms with Crippen molar-refractivity contribution in [2.75, 3.05) is 18.0 Å². The number of aliphatic hydroxyl groups is 1. The molecule has 0 spiro atoms. The maximum atomic E-state index is 13.6. The van der Waals surface area contributed by atoms with Crippen molar-refractivity contribution in [2.45, 2.75) is 37.2 Å². The Morgan fingerprint density at radius 3 is 2.32 bits per heavy atom. The van der Waals surface area contributed by atoms with Crippen molar-refractivity contribution in [2.24, 2.45) is 22.4 Å². The molecule has 3 rings (SSSR count). The summed E-state index contributed by atoms with van der Waals surface area (Å²) in [5, 5.41) is 10.3. The Balaban J connectivity index is 1.85. The maximum Gasteiger partial charge on any atom is 0.433 e. The van der Waals surface area contributed by atoms with Gasteiger partial charge in [0.25, 0.3) is 5.91 Å². The summed E-state index contributed by atoms with van der Waals surface area (Å²) in [5.41, 5.74) is 5.59. The highest BCUT2D eigenvalue weighted by molar-refractivity contribution is 6.09. The summed E-state index contributed by atoms with van der Waals surface area (Å²) in [4.78, 5) is 23.3. The number of rotatable bonds is 2. The smallest absolute Gasteiger partial charge is 0.401 e. The lowest BCUT2D eigenvalue weighted by Gasteiger charge is -2.38. The molecule has 170 valence electrons. The van der Waals surface area contributed by atoms with Crippen LogP contribution in [0.15, 0.2) is 28.7 Å². The molecule has 0 bridgehead atoms. The number of carbonyl (C=O) groups is 1. The van der Waals surface area contributed by atoms with E-state index in [0.29, 0.717) is 0 Å². The second-order valence-electron chi connectivity index (χ2n) is 7.28. The lowest BCUT2D eigenvalue weighted by molar-refractivity contribution is -0.244. The Morgan fingerprint density at radius 2 is 1.77 bits per heavy atom. The van der Waals surface area contributed by atoms with Gasteiger partial charge in [0, 0.05) is 30.8 Å². The lowest BCUT2D eigenvalue weighted by atomic mass is 9.80. The summed E-state index contributed by atoms with van der Waals surface area (Å²) >= 11 is 0. The van der Waals surface area contributed by atoms with E-state index in [1.54, 1.807) is 0 Å². The van der Waals surface area contributed by atoms with Crippen LogP contribution in [0.1, 0.15) is 25.0 Å². The number of hydrogen-bond acceptors (Lipinski definition) is 7. The van der Waals surface area contributed by atoms with Crippen LogP contribution in [0.3, 0.4) is 0 Å². The Labute approximate surface area is 171 Å². The molecular formula is C17H18F6N6O2. The Morgan fingerprint density at radius 1 is 1.16 bits per heavy atom. The fourth-order valence-corrected chi connectivity index (χ4v) is 3.68. The topological polar surface area (TPSA) is 131 Å². The van der Waals surface area contributed by atoms with Gasteiger partial charge in [0.1, 0.15) is 23.7 Å². The molecule has 0 aromatic carbocycles. The third-order valence-electron chi connectivity index (χ3n) is 5.28. The van der Waals surface area contributed by atoms with Gasteiger partial charge in [0.15, 0.2) is 5.60 Å². The number of aromatic nitrogens is 2. The summed E-state index contributed by atoms with van der Waals surface area (Å²) in [7, 11) is 0. The highest BCUT2D eigenvalue weighted by Gasteiger charge is 2.60. The molecule has 0 aliphatic carbocycles. The predicted octanol–water partition coefficient (Wildman–Crippen LogP) is 1.51. The molecule has 1 amide bonds. The van der Waals surface area contributed by atoms with Crippen molar-refractivity contribution in [3.05, 3.63) is 29.4 Å². The lowest BCUT2D eigenvalue weighted by Crippen LogP contribution is -2.55. The van der Waals surface area contributed by atoms with Gasteiger partial charge in [-0.1, -0.05) is 0 Å². The number of halogens is 6. The predicted molar refractivity (Wildman–Crippen MR) is 95.4 cm³/mol. The molecule has 14 heteroatoms. The van der Waals surface area contributed by atoms with E-state index < -0.39 is 53.3 Å². The second kappa shape index (κ2) is 7.66. The van der Waals surface area contributed by atoms with Crippen molar-refractivity contribution in [1.82, 2.24) is 9.97 Å². The van der Waals surface area contributed by atoms with Crippen molar-refractivity contribution >= 4 is 17.6 Å². The van der Waals surface area contributed by atoms with Crippen LogP contribution in [0.2, 0.25) is 0 Å². The standard InChI is InChI=1S/C17H18F6N6O2/c18-16(19,20)9-5-10(27-7-26-9)29-3-1-8(2-4-29)13(24)12-14(25)28-11(30)6-15(12,31)17(21,22)23/h5,7-8,31H,1-4,6,24H2,(H2,25,28,30). The number of piperidine rings is 1. The van der Waals surface area contributed by atoms with Gasteiger partial charge < -0.3 is 21.5 Å². The van der Waals surface area contributed by atoms with E-state index in [2.05, 4.69) is 15.0 Å². The van der Waals surface area contributed by atoms with E-state index in [9.17, 15) is 36.2 Å². The maximum absolute atomic E-state index is 13.6. The molecule has 0 radical (unpaired) electrons. The van der Waals surface area contributed by atoms with Crippen molar-refractivity contribution in [3.8, 4) is 0 Å². The molecule has 3 heterocycles. The molecule has 5 N–H and O–H groups in total. The molecule has 1 atom stereocenters. The minimum Gasteiger partial charge on any atom is -0.401 e. The minimum atomic E-state index is -5.22. The van der Waals surface area contributed by atoms with Crippen LogP contribution in [0.4, 0.5) is 32.2 Å². The van der Waals surface area contributed by atoms with Crippen LogP contribution in [0, 0.1) is 5.92 Å². The summed E-state index contributed by atoms with van der Waals surface area (Å²) in [5.74, 6) is -2.69. The first-order chi connectivity index (χ1) is 14.2. The highest BCUT2D eigenvalue weighted by atomic mass is 19.4. The van der Waals surface area contributed by atoms with Gasteiger partial charge in [-0.25, -0.2) is 9.97 Å². The molecule has 8 nitrogen and oxygen atoms in total. The fraction of sp³-hybridized carbons (Fsp3) is 0.529. The monoisotopic (exact) mass is 452 g/mol. The van der Waals surface area contributed by atoms with E-state index in [0.717, 1.165) is 12.4 Å². The number of carbonyl (C=O) groups excluding carboxylic acids is 1. The Bertz CT molecular complexity index is 936. The third kappa shape index (κ3) is 4.29. The van der Waals surface area contributed by atoms with Crippen LogP contribution >= 0.6 is 0 Å². The number of amidine groups is 1. The summed E-state index contributed by atoms with van der Waals surface area (Å²) in [6, 6.07) is 0.780. The summed E-state index contributed by atoms with van der Waals surface area (Å²) in [6.45, 7) is 0.265. The third-order valence-corrected chi connectivity index (χ3v) is 5.28. The molecular weight excluding hydrogens is 434 g/mol. The first-order valence-corrected chi connectivity index (χ1v) is 9.05. The highest BCUT2D eigenvalue weighted by Crippen LogP contribution is 2.43. The number of nitrogens with two attached hydrogens (primary N) is 2. The number of anilines is 1. The molecule has 2 aliphatic rings. The molecule has 1 fully saturated rings. The summed E-state index contributed by atoms with van der Waals surface area (Å²) in [6.07, 6.45) is -10.1. The zero-order valence-electron chi connectivity index (χ0n) is 15.8. The van der Waals surface area contributed by atoms with Gasteiger partial charge in [0.2, 0.25) is 0 Å². The summed E-state index contributed by atoms with van der Waals surface area (Å²) < 4.78 is 79.2. The largest absolute Gasteiger partial charge is 0.433 e. The molecule has 0 saturated carbocycles. The van der Waals surface area contributed by atoms with Crippen molar-refractivity contribution in [3.63, 3.8) is 0 Å². The van der Waals surface area contributed by atoms with Crippen LogP contribution < -0.4 is 16.4 Å². The Kier molecular flexibility index (Phi) is 5.63. The number of amides is 1. The van der Waals surface area contributed by atoms with Gasteiger partial charge >= 0.3 is 12.4 Å². The van der Waals surface area contributed by atoms with E-state index in [4.69, 9.17) is 11.5 Å². The zero-order valence-corrected chi connectivity index (χ0v) is 15.8. The van der Waals surface area contributed by atoms with Crippen LogP contribution in [0.5, 0.6) is 0 Å². The normalized spacial score (nSPS) is 25.5. The van der Waals surface area contributed by atoms with Crippen LogP contribution in [-0.2, 0) is 11.0 Å². The number of alkyl halides is 6. The molecule has 31 heavy (non-hydrogen) atoms. The molecule has 1 saturated heterocycles. The van der Waals surface area contributed by atoms with E-state index in [1.165, 1.54) is 4.90 Å². The molecule has 1 unspecified atom stereocenters. The molecule has 1 aromatic heterocycles. The minimum absolute atomic E-state index is 0.0168. The SMILES string of the molecule is NC1=NC(=O)CC(O)(C(F)(F)F)C1=C(N)C1CCN(c2cc(C(F)(F)F)ncn2)CC1.